The van der Waals surface area contributed by atoms with Crippen LogP contribution in [0.5, 0.6) is 0 Å². The Bertz CT molecular complexity index is 932. The first-order valence-corrected chi connectivity index (χ1v) is 9.36. The molecular formula is C21H20N2O2S. The maximum absolute atomic E-state index is 12.3. The van der Waals surface area contributed by atoms with Gasteiger partial charge in [-0.1, -0.05) is 30.3 Å². The van der Waals surface area contributed by atoms with E-state index in [-0.39, 0.29) is 5.78 Å². The molecule has 1 N–H and O–H groups in total. The first-order chi connectivity index (χ1) is 12.5. The summed E-state index contributed by atoms with van der Waals surface area (Å²) in [7, 11) is 0. The lowest BCUT2D eigenvalue weighted by Gasteiger charge is -2.27. The van der Waals surface area contributed by atoms with Gasteiger partial charge >= 0.3 is 0 Å². The second-order valence-electron chi connectivity index (χ2n) is 6.23. The van der Waals surface area contributed by atoms with Crippen molar-refractivity contribution in [1.29, 1.82) is 5.26 Å². The Morgan fingerprint density at radius 3 is 2.54 bits per heavy atom. The summed E-state index contributed by atoms with van der Waals surface area (Å²) < 4.78 is 5.79. The standard InChI is InChI=1S/C21H20N2O2S/c1-13-9-10-18(25-13)20-17(11-22)21(23-14(2)19(20)15(3)24)26-12-16-7-5-4-6-8-16/h4-10,20,23H,12H2,1-3H3. The zero-order valence-corrected chi connectivity index (χ0v) is 15.8. The van der Waals surface area contributed by atoms with E-state index >= 15 is 0 Å². The normalized spacial score (nSPS) is 17.1. The highest BCUT2D eigenvalue weighted by Crippen LogP contribution is 2.41. The van der Waals surface area contributed by atoms with Crippen LogP contribution in [-0.2, 0) is 10.5 Å². The number of dihydropyridines is 1. The first kappa shape index (κ1) is 18.1. The van der Waals surface area contributed by atoms with E-state index in [1.807, 2.05) is 44.2 Å². The number of furan rings is 1. The molecule has 0 aliphatic carbocycles. The summed E-state index contributed by atoms with van der Waals surface area (Å²) >= 11 is 1.56. The van der Waals surface area contributed by atoms with Crippen LogP contribution >= 0.6 is 11.8 Å². The van der Waals surface area contributed by atoms with Gasteiger partial charge in [-0.25, -0.2) is 0 Å². The Kier molecular flexibility index (Phi) is 5.34. The summed E-state index contributed by atoms with van der Waals surface area (Å²) in [5, 5.41) is 13.9. The average molecular weight is 364 g/mol. The Hall–Kier alpha value is -2.71. The van der Waals surface area contributed by atoms with Gasteiger partial charge in [0.05, 0.1) is 22.6 Å². The van der Waals surface area contributed by atoms with Crippen LogP contribution in [0.4, 0.5) is 0 Å². The first-order valence-electron chi connectivity index (χ1n) is 8.37. The molecule has 1 aliphatic heterocycles. The van der Waals surface area contributed by atoms with E-state index in [2.05, 4.69) is 23.5 Å². The van der Waals surface area contributed by atoms with Gasteiger partial charge in [0, 0.05) is 17.0 Å². The fourth-order valence-corrected chi connectivity index (χ4v) is 4.16. The number of ketones is 1. The summed E-state index contributed by atoms with van der Waals surface area (Å²) in [5.41, 5.74) is 3.05. The van der Waals surface area contributed by atoms with Crippen LogP contribution in [0, 0.1) is 18.3 Å². The molecule has 1 aliphatic rings. The second-order valence-corrected chi connectivity index (χ2v) is 7.22. The molecule has 0 saturated carbocycles. The van der Waals surface area contributed by atoms with Gasteiger partial charge in [-0.2, -0.15) is 5.26 Å². The van der Waals surface area contributed by atoms with E-state index in [1.54, 1.807) is 11.8 Å². The number of hydrogen-bond acceptors (Lipinski definition) is 5. The molecular weight excluding hydrogens is 344 g/mol. The Morgan fingerprint density at radius 2 is 1.96 bits per heavy atom. The zero-order chi connectivity index (χ0) is 18.7. The van der Waals surface area contributed by atoms with E-state index in [0.717, 1.165) is 22.2 Å². The number of benzene rings is 1. The minimum Gasteiger partial charge on any atom is -0.465 e. The SMILES string of the molecule is CC(=O)C1=C(C)NC(SCc2ccccc2)=C(C#N)C1c1ccc(C)o1. The summed E-state index contributed by atoms with van der Waals surface area (Å²) in [6, 6.07) is 16.1. The van der Waals surface area contributed by atoms with Gasteiger partial charge in [-0.3, -0.25) is 4.79 Å². The third-order valence-corrected chi connectivity index (χ3v) is 5.39. The number of Topliss-reactive ketones (excluding diaryl/α,β-unsaturated/α-hetero) is 1. The maximum Gasteiger partial charge on any atom is 0.158 e. The zero-order valence-electron chi connectivity index (χ0n) is 15.0. The molecule has 132 valence electrons. The van der Waals surface area contributed by atoms with Crippen LogP contribution in [0.3, 0.4) is 0 Å². The molecule has 0 saturated heterocycles. The summed E-state index contributed by atoms with van der Waals surface area (Å²) in [5.74, 6) is 1.60. The quantitative estimate of drug-likeness (QED) is 0.825. The Morgan fingerprint density at radius 1 is 1.23 bits per heavy atom. The number of nitrogens with one attached hydrogen (secondary N) is 1. The molecule has 0 radical (unpaired) electrons. The second kappa shape index (κ2) is 7.67. The molecule has 26 heavy (non-hydrogen) atoms. The molecule has 1 atom stereocenters. The Labute approximate surface area is 157 Å². The summed E-state index contributed by atoms with van der Waals surface area (Å²) in [6.45, 7) is 5.26. The fourth-order valence-electron chi connectivity index (χ4n) is 3.12. The number of carbonyl (C=O) groups excluding carboxylic acids is 1. The van der Waals surface area contributed by atoms with Crippen molar-refractivity contribution in [2.45, 2.75) is 32.4 Å². The van der Waals surface area contributed by atoms with Crippen molar-refractivity contribution in [3.8, 4) is 6.07 Å². The van der Waals surface area contributed by atoms with Gasteiger partial charge in [-0.15, -0.1) is 11.8 Å². The van der Waals surface area contributed by atoms with Crippen molar-refractivity contribution >= 4 is 17.5 Å². The van der Waals surface area contributed by atoms with E-state index in [1.165, 1.54) is 12.5 Å². The maximum atomic E-state index is 12.3. The highest BCUT2D eigenvalue weighted by Gasteiger charge is 2.34. The lowest BCUT2D eigenvalue weighted by Crippen LogP contribution is -2.26. The van der Waals surface area contributed by atoms with E-state index in [0.29, 0.717) is 16.9 Å². The lowest BCUT2D eigenvalue weighted by atomic mass is 9.84. The fraction of sp³-hybridized carbons (Fsp3) is 0.238. The van der Waals surface area contributed by atoms with Crippen molar-refractivity contribution in [2.24, 2.45) is 0 Å². The molecule has 2 heterocycles. The summed E-state index contributed by atoms with van der Waals surface area (Å²) in [6.07, 6.45) is 0. The number of allylic oxidation sites excluding steroid dienone is 3. The van der Waals surface area contributed by atoms with Crippen molar-refractivity contribution in [3.63, 3.8) is 0 Å². The van der Waals surface area contributed by atoms with Crippen molar-refractivity contribution < 1.29 is 9.21 Å². The van der Waals surface area contributed by atoms with Crippen LogP contribution in [0.25, 0.3) is 0 Å². The highest BCUT2D eigenvalue weighted by molar-refractivity contribution is 8.02. The number of rotatable bonds is 5. The van der Waals surface area contributed by atoms with Gasteiger partial charge in [0.25, 0.3) is 0 Å². The van der Waals surface area contributed by atoms with Crippen LogP contribution in [0.1, 0.15) is 36.8 Å². The van der Waals surface area contributed by atoms with Crippen LogP contribution in [-0.4, -0.2) is 5.78 Å². The minimum absolute atomic E-state index is 0.0612. The number of nitrogens with zero attached hydrogens (tertiary/aromatic N) is 1. The molecule has 0 amide bonds. The number of thioether (sulfide) groups is 1. The van der Waals surface area contributed by atoms with Gasteiger partial charge in [-0.05, 0) is 38.5 Å². The molecule has 0 bridgehead atoms. The van der Waals surface area contributed by atoms with E-state index in [4.69, 9.17) is 4.42 Å². The van der Waals surface area contributed by atoms with Crippen molar-refractivity contribution in [3.05, 3.63) is 81.4 Å². The molecule has 0 fully saturated rings. The van der Waals surface area contributed by atoms with Crippen LogP contribution < -0.4 is 5.32 Å². The molecule has 4 nitrogen and oxygen atoms in total. The average Bonchev–Trinajstić information content (AvgIpc) is 3.05. The largest absolute Gasteiger partial charge is 0.465 e. The topological polar surface area (TPSA) is 66.0 Å². The highest BCUT2D eigenvalue weighted by atomic mass is 32.2. The van der Waals surface area contributed by atoms with Crippen molar-refractivity contribution in [1.82, 2.24) is 5.32 Å². The molecule has 1 aromatic heterocycles. The molecule has 3 rings (SSSR count). The number of hydrogen-bond donors (Lipinski definition) is 1. The van der Waals surface area contributed by atoms with Gasteiger partial charge in [0.2, 0.25) is 0 Å². The molecule has 1 unspecified atom stereocenters. The van der Waals surface area contributed by atoms with Crippen LogP contribution in [0.15, 0.2) is 68.8 Å². The van der Waals surface area contributed by atoms with Gasteiger partial charge < -0.3 is 9.73 Å². The molecule has 5 heteroatoms. The van der Waals surface area contributed by atoms with Crippen molar-refractivity contribution in [2.75, 3.05) is 0 Å². The van der Waals surface area contributed by atoms with E-state index in [9.17, 15) is 10.1 Å². The predicted octanol–water partition coefficient (Wildman–Crippen LogP) is 4.81. The minimum atomic E-state index is -0.467. The Balaban J connectivity index is 2.00. The third-order valence-electron chi connectivity index (χ3n) is 4.30. The predicted molar refractivity (Wildman–Crippen MR) is 103 cm³/mol. The lowest BCUT2D eigenvalue weighted by molar-refractivity contribution is -0.113. The smallest absolute Gasteiger partial charge is 0.158 e. The summed E-state index contributed by atoms with van der Waals surface area (Å²) in [4.78, 5) is 12.3. The van der Waals surface area contributed by atoms with Gasteiger partial charge in [0.1, 0.15) is 11.5 Å². The third kappa shape index (κ3) is 3.61. The molecule has 2 aromatic rings. The number of nitriles is 1. The molecule has 0 spiro atoms. The monoisotopic (exact) mass is 364 g/mol. The van der Waals surface area contributed by atoms with Crippen LogP contribution in [0.2, 0.25) is 0 Å². The van der Waals surface area contributed by atoms with Gasteiger partial charge in [0.15, 0.2) is 5.78 Å². The number of carbonyl (C=O) groups is 1. The van der Waals surface area contributed by atoms with E-state index < -0.39 is 5.92 Å². The number of aryl methyl sites for hydroxylation is 1. The molecule has 1 aromatic carbocycles.